The molecule has 2 nitrogen and oxygen atoms in total. The van der Waals surface area contributed by atoms with Crippen molar-refractivity contribution in [2.24, 2.45) is 0 Å². The summed E-state index contributed by atoms with van der Waals surface area (Å²) in [5.41, 5.74) is 0.916. The summed E-state index contributed by atoms with van der Waals surface area (Å²) in [7, 11) is 1.42. The van der Waals surface area contributed by atoms with Crippen LogP contribution in [0.4, 0.5) is 4.39 Å². The minimum absolute atomic E-state index is 0.187. The van der Waals surface area contributed by atoms with Crippen LogP contribution in [-0.2, 0) is 0 Å². The highest BCUT2D eigenvalue weighted by molar-refractivity contribution is 9.10. The van der Waals surface area contributed by atoms with Gasteiger partial charge in [-0.05, 0) is 40.4 Å². The van der Waals surface area contributed by atoms with Crippen molar-refractivity contribution in [1.82, 2.24) is 0 Å². The van der Waals surface area contributed by atoms with E-state index >= 15 is 0 Å². The molecule has 0 saturated carbocycles. The summed E-state index contributed by atoms with van der Waals surface area (Å²) < 4.78 is 18.9. The van der Waals surface area contributed by atoms with Gasteiger partial charge in [-0.3, -0.25) is 4.79 Å². The molecule has 2 aromatic rings. The minimum atomic E-state index is -0.462. The molecule has 0 unspecified atom stereocenters. The molecular weight excluding hydrogens is 343 g/mol. The van der Waals surface area contributed by atoms with E-state index in [2.05, 4.69) is 15.9 Å². The third-order valence-corrected chi connectivity index (χ3v) is 4.24. The van der Waals surface area contributed by atoms with E-state index in [1.165, 1.54) is 31.0 Å². The Kier molecular flexibility index (Phi) is 4.83. The number of carbonyl (C=O) groups excluding carboxylic acids is 1. The minimum Gasteiger partial charge on any atom is -0.496 e. The number of thioether (sulfide) groups is 1. The highest BCUT2D eigenvalue weighted by atomic mass is 79.9. The van der Waals surface area contributed by atoms with Gasteiger partial charge in [0.05, 0.1) is 17.1 Å². The van der Waals surface area contributed by atoms with Crippen molar-refractivity contribution in [1.29, 1.82) is 0 Å². The van der Waals surface area contributed by atoms with Gasteiger partial charge in [0, 0.05) is 16.5 Å². The molecule has 0 aliphatic heterocycles. The molecule has 0 bridgehead atoms. The summed E-state index contributed by atoms with van der Waals surface area (Å²) in [6.45, 7) is 0. The number of hydrogen-bond acceptors (Lipinski definition) is 3. The molecule has 2 aromatic carbocycles. The Balaban J connectivity index is 2.56. The van der Waals surface area contributed by atoms with Crippen molar-refractivity contribution in [2.75, 3.05) is 13.4 Å². The number of halogens is 2. The average Bonchev–Trinajstić information content (AvgIpc) is 2.48. The topological polar surface area (TPSA) is 26.3 Å². The maximum absolute atomic E-state index is 13.5. The molecule has 20 heavy (non-hydrogen) atoms. The molecule has 0 aliphatic rings. The molecule has 0 fully saturated rings. The molecule has 2 rings (SSSR count). The second-order valence-corrected chi connectivity index (χ2v) is 5.70. The number of hydrogen-bond donors (Lipinski definition) is 0. The molecule has 0 heterocycles. The van der Waals surface area contributed by atoms with Crippen LogP contribution < -0.4 is 4.74 Å². The van der Waals surface area contributed by atoms with E-state index in [0.29, 0.717) is 11.1 Å². The van der Waals surface area contributed by atoms with Crippen molar-refractivity contribution in [2.45, 2.75) is 4.90 Å². The lowest BCUT2D eigenvalue weighted by Gasteiger charge is -2.11. The number of benzene rings is 2. The van der Waals surface area contributed by atoms with Crippen LogP contribution in [0, 0.1) is 5.82 Å². The standard InChI is InChI=1S/C15H12BrFO2S/c1-19-13-8-12(17)11(16)7-10(13)15(18)9-5-3-4-6-14(9)20-2/h3-8H,1-2H3. The van der Waals surface area contributed by atoms with Crippen molar-refractivity contribution in [3.63, 3.8) is 0 Å². The molecule has 0 N–H and O–H groups in total. The fraction of sp³-hybridized carbons (Fsp3) is 0.133. The first kappa shape index (κ1) is 15.1. The highest BCUT2D eigenvalue weighted by Gasteiger charge is 2.19. The van der Waals surface area contributed by atoms with Gasteiger partial charge in [0.2, 0.25) is 0 Å². The molecule has 0 atom stereocenters. The van der Waals surface area contributed by atoms with E-state index in [4.69, 9.17) is 4.74 Å². The second-order valence-electron chi connectivity index (χ2n) is 4.00. The SMILES string of the molecule is COc1cc(F)c(Br)cc1C(=O)c1ccccc1SC. The number of methoxy groups -OCH3 is 1. The number of ether oxygens (including phenoxy) is 1. The summed E-state index contributed by atoms with van der Waals surface area (Å²) in [5, 5.41) is 0. The molecule has 0 aliphatic carbocycles. The third-order valence-electron chi connectivity index (χ3n) is 2.84. The normalized spacial score (nSPS) is 10.4. The Morgan fingerprint density at radius 1 is 1.25 bits per heavy atom. The first-order valence-corrected chi connectivity index (χ1v) is 7.81. The zero-order chi connectivity index (χ0) is 14.7. The average molecular weight is 355 g/mol. The maximum Gasteiger partial charge on any atom is 0.197 e. The summed E-state index contributed by atoms with van der Waals surface area (Å²) >= 11 is 4.59. The van der Waals surface area contributed by atoms with Gasteiger partial charge in [-0.25, -0.2) is 4.39 Å². The van der Waals surface area contributed by atoms with Gasteiger partial charge < -0.3 is 4.74 Å². The lowest BCUT2D eigenvalue weighted by Crippen LogP contribution is -2.06. The van der Waals surface area contributed by atoms with Gasteiger partial charge in [0.15, 0.2) is 5.78 Å². The molecule has 0 radical (unpaired) electrons. The van der Waals surface area contributed by atoms with Gasteiger partial charge >= 0.3 is 0 Å². The third kappa shape index (κ3) is 2.88. The van der Waals surface area contributed by atoms with Gasteiger partial charge in [-0.15, -0.1) is 11.8 Å². The van der Waals surface area contributed by atoms with E-state index in [0.717, 1.165) is 4.90 Å². The van der Waals surface area contributed by atoms with Crippen LogP contribution in [0.25, 0.3) is 0 Å². The Hall–Kier alpha value is -1.33. The largest absolute Gasteiger partial charge is 0.496 e. The Morgan fingerprint density at radius 2 is 1.95 bits per heavy atom. The predicted molar refractivity (Wildman–Crippen MR) is 82.3 cm³/mol. The van der Waals surface area contributed by atoms with Gasteiger partial charge in [0.25, 0.3) is 0 Å². The summed E-state index contributed by atoms with van der Waals surface area (Å²) in [4.78, 5) is 13.5. The molecule has 5 heteroatoms. The first-order chi connectivity index (χ1) is 9.58. The van der Waals surface area contributed by atoms with E-state index in [1.54, 1.807) is 12.1 Å². The Labute approximate surface area is 129 Å². The molecule has 104 valence electrons. The second kappa shape index (κ2) is 6.41. The predicted octanol–water partition coefficient (Wildman–Crippen LogP) is 4.55. The van der Waals surface area contributed by atoms with E-state index in [1.807, 2.05) is 18.4 Å². The molecule has 0 amide bonds. The summed E-state index contributed by atoms with van der Waals surface area (Å²) in [5.74, 6) is -0.421. The van der Waals surface area contributed by atoms with Crippen LogP contribution in [0.3, 0.4) is 0 Å². The smallest absolute Gasteiger partial charge is 0.197 e. The van der Waals surface area contributed by atoms with Gasteiger partial charge in [0.1, 0.15) is 11.6 Å². The van der Waals surface area contributed by atoms with Gasteiger partial charge in [-0.2, -0.15) is 0 Å². The monoisotopic (exact) mass is 354 g/mol. The molecule has 0 spiro atoms. The lowest BCUT2D eigenvalue weighted by molar-refractivity contribution is 0.103. The number of ketones is 1. The first-order valence-electron chi connectivity index (χ1n) is 5.79. The molecule has 0 saturated heterocycles. The van der Waals surface area contributed by atoms with Crippen molar-refractivity contribution < 1.29 is 13.9 Å². The summed E-state index contributed by atoms with van der Waals surface area (Å²) in [6, 6.07) is 9.97. The van der Waals surface area contributed by atoms with Crippen LogP contribution in [0.2, 0.25) is 0 Å². The molecule has 0 aromatic heterocycles. The fourth-order valence-electron chi connectivity index (χ4n) is 1.85. The van der Waals surface area contributed by atoms with Crippen molar-refractivity contribution in [3.05, 3.63) is 57.8 Å². The Bertz CT molecular complexity index is 658. The maximum atomic E-state index is 13.5. The number of rotatable bonds is 4. The fourth-order valence-corrected chi connectivity index (χ4v) is 2.79. The van der Waals surface area contributed by atoms with Crippen LogP contribution in [0.5, 0.6) is 5.75 Å². The number of carbonyl (C=O) groups is 1. The zero-order valence-electron chi connectivity index (χ0n) is 10.9. The van der Waals surface area contributed by atoms with Crippen LogP contribution in [0.15, 0.2) is 45.8 Å². The van der Waals surface area contributed by atoms with Crippen LogP contribution >= 0.6 is 27.7 Å². The van der Waals surface area contributed by atoms with Crippen LogP contribution in [-0.4, -0.2) is 19.1 Å². The van der Waals surface area contributed by atoms with Crippen molar-refractivity contribution in [3.8, 4) is 5.75 Å². The van der Waals surface area contributed by atoms with E-state index in [-0.39, 0.29) is 16.0 Å². The quantitative estimate of drug-likeness (QED) is 0.595. The summed E-state index contributed by atoms with van der Waals surface area (Å²) in [6.07, 6.45) is 1.91. The van der Waals surface area contributed by atoms with Crippen LogP contribution in [0.1, 0.15) is 15.9 Å². The lowest BCUT2D eigenvalue weighted by atomic mass is 10.0. The highest BCUT2D eigenvalue weighted by Crippen LogP contribution is 2.30. The Morgan fingerprint density at radius 3 is 2.60 bits per heavy atom. The zero-order valence-corrected chi connectivity index (χ0v) is 13.3. The van der Waals surface area contributed by atoms with E-state index < -0.39 is 5.82 Å². The van der Waals surface area contributed by atoms with E-state index in [9.17, 15) is 9.18 Å². The molecular formula is C15H12BrFO2S. The van der Waals surface area contributed by atoms with Crippen molar-refractivity contribution >= 4 is 33.5 Å². The van der Waals surface area contributed by atoms with Gasteiger partial charge in [-0.1, -0.05) is 12.1 Å².